The van der Waals surface area contributed by atoms with Crippen molar-refractivity contribution in [3.05, 3.63) is 57.6 Å². The maximum absolute atomic E-state index is 12.9. The number of nitro benzene ring substituents is 1. The van der Waals surface area contributed by atoms with E-state index in [1.807, 2.05) is 19.9 Å². The third-order valence-corrected chi connectivity index (χ3v) is 6.79. The Morgan fingerprint density at radius 1 is 0.968 bits per heavy atom. The lowest BCUT2D eigenvalue weighted by atomic mass is 9.63. The van der Waals surface area contributed by atoms with E-state index in [2.05, 4.69) is 18.0 Å². The van der Waals surface area contributed by atoms with Gasteiger partial charge in [0.2, 0.25) is 0 Å². The molecule has 2 aromatic carbocycles. The van der Waals surface area contributed by atoms with Crippen LogP contribution in [0.25, 0.3) is 11.1 Å². The Balaban J connectivity index is 2.22. The van der Waals surface area contributed by atoms with Gasteiger partial charge in [-0.15, -0.1) is 0 Å². The Kier molecular flexibility index (Phi) is 5.37. The van der Waals surface area contributed by atoms with Crippen LogP contribution in [0.1, 0.15) is 51.7 Å². The molecule has 0 amide bonds. The number of hydrogen-bond acceptors (Lipinski definition) is 5. The predicted molar refractivity (Wildman–Crippen MR) is 109 cm³/mol. The summed E-state index contributed by atoms with van der Waals surface area (Å²) in [6.07, 6.45) is 1.82. The molecular weight excluding hydrogens is 435 g/mol. The monoisotopic (exact) mass is 457 g/mol. The third kappa shape index (κ3) is 4.26. The second kappa shape index (κ2) is 7.22. The topological polar surface area (TPSA) is 86.5 Å². The van der Waals surface area contributed by atoms with Crippen LogP contribution < -0.4 is 4.18 Å². The van der Waals surface area contributed by atoms with Gasteiger partial charge in [0.05, 0.1) is 4.92 Å². The summed E-state index contributed by atoms with van der Waals surface area (Å²) < 4.78 is 66.0. The summed E-state index contributed by atoms with van der Waals surface area (Å²) in [5, 5.41) is 11.2. The van der Waals surface area contributed by atoms with Gasteiger partial charge >= 0.3 is 15.6 Å². The lowest BCUT2D eigenvalue weighted by Crippen LogP contribution is -2.33. The van der Waals surface area contributed by atoms with Gasteiger partial charge in [-0.1, -0.05) is 45.9 Å². The molecule has 0 unspecified atom stereocenters. The van der Waals surface area contributed by atoms with Gasteiger partial charge in [-0.3, -0.25) is 10.1 Å². The zero-order chi connectivity index (χ0) is 23.4. The van der Waals surface area contributed by atoms with Gasteiger partial charge in [-0.25, -0.2) is 0 Å². The van der Waals surface area contributed by atoms with E-state index in [0.717, 1.165) is 42.2 Å². The van der Waals surface area contributed by atoms with E-state index in [4.69, 9.17) is 0 Å². The second-order valence-corrected chi connectivity index (χ2v) is 10.5. The molecule has 0 saturated heterocycles. The first-order valence-electron chi connectivity index (χ1n) is 9.50. The summed E-state index contributed by atoms with van der Waals surface area (Å²) in [5.74, 6) is -0.629. The Morgan fingerprint density at radius 3 is 2.10 bits per heavy atom. The van der Waals surface area contributed by atoms with Gasteiger partial charge in [0.25, 0.3) is 5.69 Å². The van der Waals surface area contributed by atoms with E-state index in [-0.39, 0.29) is 16.4 Å². The SMILES string of the molecule is CC1(C)CCC(C)(C)c2cc(-c3cc([N+](=O)[O-])ccc3OS(=O)(=O)C(F)(F)F)ccc21. The maximum atomic E-state index is 12.9. The summed E-state index contributed by atoms with van der Waals surface area (Å²) in [7, 11) is -5.94. The fourth-order valence-electron chi connectivity index (χ4n) is 3.85. The van der Waals surface area contributed by atoms with Crippen LogP contribution in [-0.2, 0) is 20.9 Å². The molecule has 0 aromatic heterocycles. The fourth-order valence-corrected chi connectivity index (χ4v) is 4.33. The van der Waals surface area contributed by atoms with Crippen LogP contribution in [0.15, 0.2) is 36.4 Å². The number of benzene rings is 2. The van der Waals surface area contributed by atoms with E-state index in [9.17, 15) is 31.7 Å². The molecule has 10 heteroatoms. The van der Waals surface area contributed by atoms with Crippen molar-refractivity contribution in [3.63, 3.8) is 0 Å². The van der Waals surface area contributed by atoms with Crippen LogP contribution in [0.2, 0.25) is 0 Å². The molecule has 2 aromatic rings. The van der Waals surface area contributed by atoms with Crippen molar-refractivity contribution in [2.75, 3.05) is 0 Å². The van der Waals surface area contributed by atoms with Crippen LogP contribution >= 0.6 is 0 Å². The normalized spacial score (nSPS) is 17.6. The number of non-ortho nitro benzene ring substituents is 1. The van der Waals surface area contributed by atoms with Gasteiger partial charge in [0.15, 0.2) is 5.75 Å². The van der Waals surface area contributed by atoms with Crippen molar-refractivity contribution < 1.29 is 30.7 Å². The van der Waals surface area contributed by atoms with E-state index < -0.39 is 32.0 Å². The molecule has 3 rings (SSSR count). The van der Waals surface area contributed by atoms with Gasteiger partial charge in [0.1, 0.15) is 0 Å². The van der Waals surface area contributed by atoms with E-state index >= 15 is 0 Å². The Bertz CT molecular complexity index is 1150. The molecule has 0 N–H and O–H groups in total. The highest BCUT2D eigenvalue weighted by Gasteiger charge is 2.49. The third-order valence-electron chi connectivity index (χ3n) is 5.82. The molecule has 0 radical (unpaired) electrons. The van der Waals surface area contributed by atoms with Crippen molar-refractivity contribution >= 4 is 15.8 Å². The van der Waals surface area contributed by atoms with Crippen LogP contribution in [0, 0.1) is 10.1 Å². The number of fused-ring (bicyclic) bond motifs is 1. The Labute approximate surface area is 178 Å². The minimum Gasteiger partial charge on any atom is -0.375 e. The quantitative estimate of drug-likeness (QED) is 0.249. The lowest BCUT2D eigenvalue weighted by molar-refractivity contribution is -0.384. The van der Waals surface area contributed by atoms with E-state index in [1.165, 1.54) is 0 Å². The Hall–Kier alpha value is -2.62. The summed E-state index contributed by atoms with van der Waals surface area (Å²) in [5.41, 5.74) is -4.13. The van der Waals surface area contributed by atoms with Crippen molar-refractivity contribution in [1.82, 2.24) is 0 Å². The van der Waals surface area contributed by atoms with Gasteiger partial charge in [0, 0.05) is 17.7 Å². The average molecular weight is 457 g/mol. The van der Waals surface area contributed by atoms with Crippen molar-refractivity contribution in [2.24, 2.45) is 0 Å². The molecule has 0 saturated carbocycles. The fraction of sp³-hybridized carbons (Fsp3) is 0.429. The van der Waals surface area contributed by atoms with Crippen molar-refractivity contribution in [2.45, 2.75) is 56.9 Å². The smallest absolute Gasteiger partial charge is 0.375 e. The van der Waals surface area contributed by atoms with E-state index in [1.54, 1.807) is 12.1 Å². The van der Waals surface area contributed by atoms with Crippen LogP contribution in [0.4, 0.5) is 18.9 Å². The van der Waals surface area contributed by atoms with Gasteiger partial charge in [-0.05, 0) is 46.4 Å². The first-order valence-corrected chi connectivity index (χ1v) is 10.9. The van der Waals surface area contributed by atoms with Gasteiger partial charge < -0.3 is 4.18 Å². The number of nitrogens with zero attached hydrogens (tertiary/aromatic N) is 1. The highest BCUT2D eigenvalue weighted by Crippen LogP contribution is 2.47. The summed E-state index contributed by atoms with van der Waals surface area (Å²) in [4.78, 5) is 10.5. The largest absolute Gasteiger partial charge is 0.534 e. The summed E-state index contributed by atoms with van der Waals surface area (Å²) >= 11 is 0. The number of nitro groups is 1. The number of halogens is 3. The van der Waals surface area contributed by atoms with Crippen molar-refractivity contribution in [3.8, 4) is 16.9 Å². The molecular formula is C21H22F3NO5S. The summed E-state index contributed by atoms with van der Waals surface area (Å²) in [6.45, 7) is 8.28. The minimum atomic E-state index is -5.94. The highest BCUT2D eigenvalue weighted by molar-refractivity contribution is 7.88. The van der Waals surface area contributed by atoms with Crippen LogP contribution in [0.3, 0.4) is 0 Å². The zero-order valence-corrected chi connectivity index (χ0v) is 18.2. The Morgan fingerprint density at radius 2 is 1.55 bits per heavy atom. The molecule has 0 heterocycles. The molecule has 31 heavy (non-hydrogen) atoms. The molecule has 0 fully saturated rings. The average Bonchev–Trinajstić information content (AvgIpc) is 2.64. The second-order valence-electron chi connectivity index (χ2n) is 8.95. The first kappa shape index (κ1) is 23.1. The molecule has 0 spiro atoms. The first-order chi connectivity index (χ1) is 14.1. The van der Waals surface area contributed by atoms with Crippen LogP contribution in [-0.4, -0.2) is 18.8 Å². The van der Waals surface area contributed by atoms with Gasteiger partial charge in [-0.2, -0.15) is 21.6 Å². The van der Waals surface area contributed by atoms with E-state index in [0.29, 0.717) is 5.56 Å². The molecule has 0 bridgehead atoms. The lowest BCUT2D eigenvalue weighted by Gasteiger charge is -2.42. The van der Waals surface area contributed by atoms with Crippen LogP contribution in [0.5, 0.6) is 5.75 Å². The molecule has 0 atom stereocenters. The standard InChI is InChI=1S/C21H22F3NO5S/c1-19(2)9-10-20(3,4)17-11-13(5-7-16(17)19)15-12-14(25(26)27)6-8-18(15)30-31(28,29)21(22,23)24/h5-8,11-12H,9-10H2,1-4H3. The van der Waals surface area contributed by atoms with Crippen molar-refractivity contribution in [1.29, 1.82) is 0 Å². The number of hydrogen-bond donors (Lipinski definition) is 0. The molecule has 1 aliphatic rings. The number of alkyl halides is 3. The molecule has 1 aliphatic carbocycles. The highest BCUT2D eigenvalue weighted by atomic mass is 32.2. The molecule has 6 nitrogen and oxygen atoms in total. The maximum Gasteiger partial charge on any atom is 0.534 e. The predicted octanol–water partition coefficient (Wildman–Crippen LogP) is 5.84. The minimum absolute atomic E-state index is 0.107. The molecule has 168 valence electrons. The zero-order valence-electron chi connectivity index (χ0n) is 17.4. The summed E-state index contributed by atoms with van der Waals surface area (Å²) in [6, 6.07) is 7.99. The molecule has 0 aliphatic heterocycles. The number of rotatable bonds is 4.